The molecular formula is C22H21N3O4. The normalized spacial score (nSPS) is 33.8. The highest BCUT2D eigenvalue weighted by Gasteiger charge is 2.51. The summed E-state index contributed by atoms with van der Waals surface area (Å²) < 4.78 is 11.2. The molecule has 6 rings (SSSR count). The molecule has 1 fully saturated rings. The van der Waals surface area contributed by atoms with Gasteiger partial charge in [-0.3, -0.25) is 14.6 Å². The molecule has 0 spiro atoms. The highest BCUT2D eigenvalue weighted by atomic mass is 16.7. The molecule has 1 aromatic carbocycles. The largest absolute Gasteiger partial charge is 0.454 e. The van der Waals surface area contributed by atoms with E-state index in [4.69, 9.17) is 14.5 Å². The summed E-state index contributed by atoms with van der Waals surface area (Å²) in [6.07, 6.45) is 10.8. The van der Waals surface area contributed by atoms with E-state index in [0.29, 0.717) is 17.9 Å². The lowest BCUT2D eigenvalue weighted by atomic mass is 9.74. The molecule has 3 unspecified atom stereocenters. The number of carbonyl (C=O) groups excluding carboxylic acids is 2. The van der Waals surface area contributed by atoms with Gasteiger partial charge >= 0.3 is 0 Å². The number of allylic oxidation sites excluding steroid dienone is 2. The maximum absolute atomic E-state index is 13.2. The van der Waals surface area contributed by atoms with Crippen LogP contribution >= 0.6 is 0 Å². The van der Waals surface area contributed by atoms with Crippen molar-refractivity contribution in [1.29, 1.82) is 0 Å². The first-order valence-corrected chi connectivity index (χ1v) is 9.98. The molecule has 4 aliphatic heterocycles. The molecule has 0 radical (unpaired) electrons. The second kappa shape index (κ2) is 5.95. The molecule has 1 aliphatic carbocycles. The minimum atomic E-state index is -0.491. The zero-order chi connectivity index (χ0) is 19.7. The molecule has 148 valence electrons. The number of hydrogen-bond acceptors (Lipinski definition) is 5. The predicted octanol–water partition coefficient (Wildman–Crippen LogP) is 1.49. The Labute approximate surface area is 168 Å². The summed E-state index contributed by atoms with van der Waals surface area (Å²) in [5, 5.41) is 0. The Morgan fingerprint density at radius 1 is 1.07 bits per heavy atom. The number of fused-ring (bicyclic) bond motifs is 4. The summed E-state index contributed by atoms with van der Waals surface area (Å²) in [6, 6.07) is 3.32. The molecule has 5 aliphatic rings. The molecule has 7 nitrogen and oxygen atoms in total. The van der Waals surface area contributed by atoms with Gasteiger partial charge in [0.25, 0.3) is 0 Å². The molecule has 4 heterocycles. The number of amides is 2. The maximum Gasteiger partial charge on any atom is 0.245 e. The average Bonchev–Trinajstić information content (AvgIpc) is 3.35. The fraction of sp³-hybridized carbons (Fsp3) is 0.409. The van der Waals surface area contributed by atoms with E-state index in [1.807, 2.05) is 35.4 Å². The van der Waals surface area contributed by atoms with E-state index >= 15 is 0 Å². The van der Waals surface area contributed by atoms with Gasteiger partial charge in [0, 0.05) is 31.5 Å². The number of carbonyl (C=O) groups is 2. The van der Waals surface area contributed by atoms with E-state index in [-0.39, 0.29) is 49.1 Å². The zero-order valence-corrected chi connectivity index (χ0v) is 16.0. The third-order valence-corrected chi connectivity index (χ3v) is 6.71. The summed E-state index contributed by atoms with van der Waals surface area (Å²) in [6.45, 7) is 0.305. The van der Waals surface area contributed by atoms with Gasteiger partial charge in [-0.2, -0.15) is 0 Å². The fourth-order valence-electron chi connectivity index (χ4n) is 5.35. The summed E-state index contributed by atoms with van der Waals surface area (Å²) in [7, 11) is 1.70. The Bertz CT molecular complexity index is 1010. The van der Waals surface area contributed by atoms with E-state index < -0.39 is 6.04 Å². The van der Waals surface area contributed by atoms with Crippen LogP contribution in [0, 0.1) is 11.8 Å². The van der Waals surface area contributed by atoms with Crippen LogP contribution in [0.15, 0.2) is 41.4 Å². The number of aliphatic imine (C=N–C) groups is 1. The first-order chi connectivity index (χ1) is 14.1. The summed E-state index contributed by atoms with van der Waals surface area (Å²) >= 11 is 0. The van der Waals surface area contributed by atoms with Crippen LogP contribution in [0.2, 0.25) is 0 Å². The second-order valence-corrected chi connectivity index (χ2v) is 8.28. The van der Waals surface area contributed by atoms with E-state index in [1.165, 1.54) is 4.90 Å². The van der Waals surface area contributed by atoms with Gasteiger partial charge in [-0.25, -0.2) is 0 Å². The summed E-state index contributed by atoms with van der Waals surface area (Å²) in [4.78, 5) is 34.2. The number of ether oxygens (including phenoxy) is 2. The number of rotatable bonds is 1. The lowest BCUT2D eigenvalue weighted by Crippen LogP contribution is -2.63. The lowest BCUT2D eigenvalue weighted by Gasteiger charge is -2.49. The first-order valence-electron chi connectivity index (χ1n) is 9.98. The van der Waals surface area contributed by atoms with Crippen molar-refractivity contribution in [3.05, 3.63) is 47.6 Å². The van der Waals surface area contributed by atoms with Crippen LogP contribution in [0.5, 0.6) is 11.5 Å². The number of hydrogen-bond donors (Lipinski definition) is 0. The molecule has 0 N–H and O–H groups in total. The van der Waals surface area contributed by atoms with Gasteiger partial charge in [0.05, 0.1) is 18.6 Å². The number of likely N-dealkylation sites (N-methyl/N-ethyl adjacent to an activating group) is 1. The predicted molar refractivity (Wildman–Crippen MR) is 105 cm³/mol. The smallest absolute Gasteiger partial charge is 0.245 e. The van der Waals surface area contributed by atoms with Crippen molar-refractivity contribution in [3.8, 4) is 11.5 Å². The van der Waals surface area contributed by atoms with Crippen molar-refractivity contribution in [3.63, 3.8) is 0 Å². The lowest BCUT2D eigenvalue weighted by molar-refractivity contribution is -0.159. The Hall–Kier alpha value is -3.09. The minimum Gasteiger partial charge on any atom is -0.454 e. The molecule has 0 aromatic heterocycles. The third-order valence-electron chi connectivity index (χ3n) is 6.71. The van der Waals surface area contributed by atoms with Crippen LogP contribution in [0.4, 0.5) is 0 Å². The summed E-state index contributed by atoms with van der Waals surface area (Å²) in [5.41, 5.74) is 2.08. The van der Waals surface area contributed by atoms with E-state index in [0.717, 1.165) is 11.1 Å². The van der Waals surface area contributed by atoms with Gasteiger partial charge in [0.1, 0.15) is 6.04 Å². The van der Waals surface area contributed by atoms with Crippen molar-refractivity contribution >= 4 is 18.0 Å². The Morgan fingerprint density at radius 3 is 2.72 bits per heavy atom. The molecule has 2 amide bonds. The minimum absolute atomic E-state index is 0.00303. The molecule has 29 heavy (non-hydrogen) atoms. The van der Waals surface area contributed by atoms with Crippen LogP contribution in [-0.2, 0) is 16.0 Å². The molecular weight excluding hydrogens is 370 g/mol. The Kier molecular flexibility index (Phi) is 3.45. The van der Waals surface area contributed by atoms with Crippen LogP contribution < -0.4 is 9.47 Å². The molecule has 5 atom stereocenters. The second-order valence-electron chi connectivity index (χ2n) is 8.28. The van der Waals surface area contributed by atoms with Gasteiger partial charge in [-0.15, -0.1) is 0 Å². The van der Waals surface area contributed by atoms with E-state index in [1.54, 1.807) is 7.05 Å². The van der Waals surface area contributed by atoms with Crippen molar-refractivity contribution in [2.45, 2.75) is 24.5 Å². The van der Waals surface area contributed by atoms with Gasteiger partial charge in [0.15, 0.2) is 11.5 Å². The quantitative estimate of drug-likeness (QED) is 0.727. The fourth-order valence-corrected chi connectivity index (χ4v) is 5.35. The topological polar surface area (TPSA) is 71.4 Å². The molecule has 1 saturated heterocycles. The standard InChI is InChI=1S/C22H21N3O4/c1-24-10-20(26)25-17(22(24)27)6-12-7-18-19(29-11-28-18)8-14(12)21(25)15-9-23-16-5-3-2-4-13(15)16/h2-5,7-9,13,15-17,21H,6,10-11H2,1H3/t13?,15?,16?,17-,21-/m0/s1. The van der Waals surface area contributed by atoms with E-state index in [9.17, 15) is 9.59 Å². The average molecular weight is 391 g/mol. The van der Waals surface area contributed by atoms with Gasteiger partial charge in [-0.1, -0.05) is 24.3 Å². The van der Waals surface area contributed by atoms with Crippen LogP contribution in [0.25, 0.3) is 0 Å². The zero-order valence-electron chi connectivity index (χ0n) is 16.0. The summed E-state index contributed by atoms with van der Waals surface area (Å²) in [5.74, 6) is 1.55. The van der Waals surface area contributed by atoms with Crippen molar-refractivity contribution in [2.24, 2.45) is 16.8 Å². The monoisotopic (exact) mass is 391 g/mol. The van der Waals surface area contributed by atoms with Crippen molar-refractivity contribution < 1.29 is 19.1 Å². The van der Waals surface area contributed by atoms with Gasteiger partial charge < -0.3 is 19.3 Å². The highest BCUT2D eigenvalue weighted by Crippen LogP contribution is 2.48. The Morgan fingerprint density at radius 2 is 1.86 bits per heavy atom. The van der Waals surface area contributed by atoms with Crippen molar-refractivity contribution in [2.75, 3.05) is 20.4 Å². The molecule has 0 bridgehead atoms. The molecule has 7 heteroatoms. The maximum atomic E-state index is 13.2. The van der Waals surface area contributed by atoms with Gasteiger partial charge in [0.2, 0.25) is 18.6 Å². The number of piperazine rings is 1. The Balaban J connectivity index is 1.51. The highest BCUT2D eigenvalue weighted by molar-refractivity contribution is 5.96. The first kappa shape index (κ1) is 16.8. The van der Waals surface area contributed by atoms with Crippen LogP contribution in [0.1, 0.15) is 17.2 Å². The number of nitrogens with zero attached hydrogens (tertiary/aromatic N) is 3. The number of benzene rings is 1. The van der Waals surface area contributed by atoms with Crippen LogP contribution in [0.3, 0.4) is 0 Å². The van der Waals surface area contributed by atoms with E-state index in [2.05, 4.69) is 12.2 Å². The molecule has 0 saturated carbocycles. The SMILES string of the molecule is CN1CC(=O)N2[C@@H](Cc3cc4c(cc3[C@H]2C2C=NC3C=CC=CC32)OCO4)C1=O. The van der Waals surface area contributed by atoms with Crippen molar-refractivity contribution in [1.82, 2.24) is 9.80 Å². The third kappa shape index (κ3) is 2.33. The van der Waals surface area contributed by atoms with Crippen LogP contribution in [-0.4, -0.2) is 60.3 Å². The van der Waals surface area contributed by atoms with Gasteiger partial charge in [-0.05, 0) is 23.3 Å². The molecule has 1 aromatic rings.